The third kappa shape index (κ3) is 4.07. The first-order valence-electron chi connectivity index (χ1n) is 6.55. The minimum atomic E-state index is -4.20. The van der Waals surface area contributed by atoms with Crippen molar-refractivity contribution >= 4 is 26.0 Å². The van der Waals surface area contributed by atoms with Crippen molar-refractivity contribution in [2.75, 3.05) is 7.11 Å². The first kappa shape index (κ1) is 17.8. The molecule has 2 aromatic carbocycles. The van der Waals surface area contributed by atoms with Gasteiger partial charge in [-0.15, -0.1) is 0 Å². The van der Waals surface area contributed by atoms with Gasteiger partial charge in [0.05, 0.1) is 11.6 Å². The Morgan fingerprint density at radius 2 is 1.87 bits per heavy atom. The highest BCUT2D eigenvalue weighted by molar-refractivity contribution is 9.10. The van der Waals surface area contributed by atoms with E-state index in [-0.39, 0.29) is 0 Å². The van der Waals surface area contributed by atoms with Gasteiger partial charge < -0.3 is 4.74 Å². The third-order valence-electron chi connectivity index (χ3n) is 3.19. The molecule has 0 heterocycles. The van der Waals surface area contributed by atoms with Gasteiger partial charge >= 0.3 is 0 Å². The van der Waals surface area contributed by atoms with Crippen molar-refractivity contribution in [1.82, 2.24) is 4.72 Å². The summed E-state index contributed by atoms with van der Waals surface area (Å²) >= 11 is 3.31. The van der Waals surface area contributed by atoms with E-state index in [9.17, 15) is 17.2 Å². The first-order valence-corrected chi connectivity index (χ1v) is 8.83. The summed E-state index contributed by atoms with van der Waals surface area (Å²) in [6.45, 7) is 1.60. The zero-order valence-electron chi connectivity index (χ0n) is 12.3. The average molecular weight is 406 g/mol. The summed E-state index contributed by atoms with van der Waals surface area (Å²) in [5.41, 5.74) is 0.637. The molecule has 0 radical (unpaired) electrons. The van der Waals surface area contributed by atoms with Crippen molar-refractivity contribution < 1.29 is 21.9 Å². The SMILES string of the molecule is COc1ccc(C(C)NS(=O)(=O)c2cc(F)ccc2F)cc1Br. The van der Waals surface area contributed by atoms with E-state index in [4.69, 9.17) is 4.74 Å². The topological polar surface area (TPSA) is 55.4 Å². The van der Waals surface area contributed by atoms with Crippen molar-refractivity contribution in [3.8, 4) is 5.75 Å². The second-order valence-corrected chi connectivity index (χ2v) is 7.35. The van der Waals surface area contributed by atoms with Gasteiger partial charge in [0.25, 0.3) is 0 Å². The Bertz CT molecular complexity index is 827. The van der Waals surface area contributed by atoms with Crippen LogP contribution in [0.25, 0.3) is 0 Å². The van der Waals surface area contributed by atoms with Gasteiger partial charge in [-0.1, -0.05) is 6.07 Å². The van der Waals surface area contributed by atoms with Crippen LogP contribution >= 0.6 is 15.9 Å². The van der Waals surface area contributed by atoms with Gasteiger partial charge in [0.1, 0.15) is 22.3 Å². The predicted molar refractivity (Wildman–Crippen MR) is 85.8 cm³/mol. The minimum Gasteiger partial charge on any atom is -0.496 e. The number of nitrogens with one attached hydrogen (secondary N) is 1. The van der Waals surface area contributed by atoms with Gasteiger partial charge in [-0.2, -0.15) is 0 Å². The fraction of sp³-hybridized carbons (Fsp3) is 0.200. The zero-order chi connectivity index (χ0) is 17.2. The molecule has 0 spiro atoms. The van der Waals surface area contributed by atoms with E-state index in [2.05, 4.69) is 20.7 Å². The van der Waals surface area contributed by atoms with Crippen molar-refractivity contribution in [2.24, 2.45) is 0 Å². The summed E-state index contributed by atoms with van der Waals surface area (Å²) in [4.78, 5) is -0.725. The number of ether oxygens (including phenoxy) is 1. The van der Waals surface area contributed by atoms with E-state index in [1.807, 2.05) is 0 Å². The molecule has 1 unspecified atom stereocenters. The summed E-state index contributed by atoms with van der Waals surface area (Å²) in [5.74, 6) is -1.24. The average Bonchev–Trinajstić information content (AvgIpc) is 2.49. The molecule has 124 valence electrons. The molecule has 8 heteroatoms. The van der Waals surface area contributed by atoms with E-state index in [0.717, 1.165) is 12.1 Å². The van der Waals surface area contributed by atoms with Crippen molar-refractivity contribution in [3.05, 3.63) is 58.1 Å². The summed E-state index contributed by atoms with van der Waals surface area (Å²) in [7, 11) is -2.69. The quantitative estimate of drug-likeness (QED) is 0.823. The Hall–Kier alpha value is -1.51. The van der Waals surface area contributed by atoms with Crippen molar-refractivity contribution in [2.45, 2.75) is 17.9 Å². The normalized spacial score (nSPS) is 12.9. The van der Waals surface area contributed by atoms with Crippen LogP contribution in [0.4, 0.5) is 8.78 Å². The maximum absolute atomic E-state index is 13.7. The second-order valence-electron chi connectivity index (χ2n) is 4.81. The largest absolute Gasteiger partial charge is 0.496 e. The molecular weight excluding hydrogens is 392 g/mol. The number of sulfonamides is 1. The molecule has 0 aliphatic carbocycles. The molecule has 23 heavy (non-hydrogen) atoms. The summed E-state index contributed by atoms with van der Waals surface area (Å²) < 4.78 is 59.4. The van der Waals surface area contributed by atoms with Crippen LogP contribution in [0.15, 0.2) is 45.8 Å². The van der Waals surface area contributed by atoms with Gasteiger partial charge in [-0.05, 0) is 58.7 Å². The van der Waals surface area contributed by atoms with Crippen LogP contribution in [0.5, 0.6) is 5.75 Å². The Kier molecular flexibility index (Phi) is 5.38. The second kappa shape index (κ2) is 6.94. The molecule has 0 fully saturated rings. The molecule has 2 rings (SSSR count). The minimum absolute atomic E-state index is 0.597. The summed E-state index contributed by atoms with van der Waals surface area (Å²) in [6, 6.07) is 6.68. The maximum atomic E-state index is 13.7. The fourth-order valence-corrected chi connectivity index (χ4v) is 3.88. The Morgan fingerprint density at radius 1 is 1.17 bits per heavy atom. The molecule has 1 N–H and O–H groups in total. The van der Waals surface area contributed by atoms with E-state index < -0.39 is 32.6 Å². The highest BCUT2D eigenvalue weighted by Crippen LogP contribution is 2.28. The van der Waals surface area contributed by atoms with Gasteiger partial charge in [0, 0.05) is 6.04 Å². The third-order valence-corrected chi connectivity index (χ3v) is 5.37. The first-order chi connectivity index (χ1) is 10.7. The molecule has 0 aromatic heterocycles. The zero-order valence-corrected chi connectivity index (χ0v) is 14.7. The van der Waals surface area contributed by atoms with Gasteiger partial charge in [0.2, 0.25) is 10.0 Å². The Morgan fingerprint density at radius 3 is 2.48 bits per heavy atom. The highest BCUT2D eigenvalue weighted by atomic mass is 79.9. The lowest BCUT2D eigenvalue weighted by molar-refractivity contribution is 0.412. The van der Waals surface area contributed by atoms with Gasteiger partial charge in [-0.3, -0.25) is 0 Å². The number of methoxy groups -OCH3 is 1. The lowest BCUT2D eigenvalue weighted by Crippen LogP contribution is -2.27. The maximum Gasteiger partial charge on any atom is 0.244 e. The van der Waals surface area contributed by atoms with Gasteiger partial charge in [0.15, 0.2) is 0 Å². The van der Waals surface area contributed by atoms with Crippen LogP contribution < -0.4 is 9.46 Å². The van der Waals surface area contributed by atoms with Gasteiger partial charge in [-0.25, -0.2) is 21.9 Å². The monoisotopic (exact) mass is 405 g/mol. The molecular formula is C15H14BrF2NO3S. The summed E-state index contributed by atoms with van der Waals surface area (Å²) in [5, 5.41) is 0. The molecule has 0 aliphatic rings. The number of halogens is 3. The molecule has 2 aromatic rings. The predicted octanol–water partition coefficient (Wildman–Crippen LogP) is 3.78. The van der Waals surface area contributed by atoms with Crippen LogP contribution in [0.2, 0.25) is 0 Å². The Labute approximate surface area is 141 Å². The number of rotatable bonds is 5. The summed E-state index contributed by atoms with van der Waals surface area (Å²) in [6.07, 6.45) is 0. The molecule has 1 atom stereocenters. The van der Waals surface area contributed by atoms with Crippen LogP contribution in [-0.2, 0) is 10.0 Å². The van der Waals surface area contributed by atoms with E-state index in [1.54, 1.807) is 25.1 Å². The van der Waals surface area contributed by atoms with Crippen LogP contribution in [0.1, 0.15) is 18.5 Å². The number of benzene rings is 2. The molecule has 0 amide bonds. The Balaban J connectivity index is 2.29. The molecule has 0 aliphatic heterocycles. The van der Waals surface area contributed by atoms with Crippen LogP contribution in [0, 0.1) is 11.6 Å². The molecule has 0 saturated heterocycles. The lowest BCUT2D eigenvalue weighted by Gasteiger charge is -2.16. The molecule has 4 nitrogen and oxygen atoms in total. The molecule has 0 bridgehead atoms. The van der Waals surface area contributed by atoms with Crippen LogP contribution in [-0.4, -0.2) is 15.5 Å². The van der Waals surface area contributed by atoms with Crippen LogP contribution in [0.3, 0.4) is 0 Å². The fourth-order valence-electron chi connectivity index (χ4n) is 2.00. The van der Waals surface area contributed by atoms with Crippen molar-refractivity contribution in [1.29, 1.82) is 0 Å². The highest BCUT2D eigenvalue weighted by Gasteiger charge is 2.23. The van der Waals surface area contributed by atoms with E-state index in [0.29, 0.717) is 21.9 Å². The van der Waals surface area contributed by atoms with Crippen molar-refractivity contribution in [3.63, 3.8) is 0 Å². The van der Waals surface area contributed by atoms with E-state index >= 15 is 0 Å². The number of hydrogen-bond donors (Lipinski definition) is 1. The molecule has 0 saturated carbocycles. The standard InChI is InChI=1S/C15H14BrF2NO3S/c1-9(10-3-6-14(22-2)12(16)7-10)19-23(20,21)15-8-11(17)4-5-13(15)18/h3-9,19H,1-2H3. The smallest absolute Gasteiger partial charge is 0.244 e. The van der Waals surface area contributed by atoms with E-state index in [1.165, 1.54) is 7.11 Å². The number of hydrogen-bond acceptors (Lipinski definition) is 3. The lowest BCUT2D eigenvalue weighted by atomic mass is 10.1.